The van der Waals surface area contributed by atoms with Crippen LogP contribution in [0.4, 0.5) is 5.69 Å². The summed E-state index contributed by atoms with van der Waals surface area (Å²) in [6.07, 6.45) is 0. The molecule has 0 heterocycles. The van der Waals surface area contributed by atoms with Crippen molar-refractivity contribution in [1.29, 1.82) is 0 Å². The smallest absolute Gasteiger partial charge is 0.228 e. The van der Waals surface area contributed by atoms with Gasteiger partial charge in [-0.3, -0.25) is 9.59 Å². The number of amides is 1. The number of carbonyl (C=O) groups excluding carboxylic acids is 2. The van der Waals surface area contributed by atoms with Crippen LogP contribution >= 0.6 is 12.4 Å². The van der Waals surface area contributed by atoms with Crippen LogP contribution in [0.3, 0.4) is 0 Å². The molecule has 0 fully saturated rings. The zero-order valence-electron chi connectivity index (χ0n) is 9.90. The normalized spacial score (nSPS) is 11.2. The second-order valence-electron chi connectivity index (χ2n) is 3.76. The van der Waals surface area contributed by atoms with Crippen LogP contribution in [0, 0.1) is 5.92 Å². The standard InChI is InChI=1S/C12H16N2O2.ClH/c1-8(7-13)12(16)14-11-5-3-4-10(6-11)9(2)15;/h3-6,8H,7,13H2,1-2H3,(H,14,16);1H. The van der Waals surface area contributed by atoms with Gasteiger partial charge in [0.05, 0.1) is 0 Å². The zero-order chi connectivity index (χ0) is 12.1. The van der Waals surface area contributed by atoms with E-state index in [1.807, 2.05) is 0 Å². The molecule has 0 aliphatic heterocycles. The maximum atomic E-state index is 11.5. The van der Waals surface area contributed by atoms with E-state index in [1.54, 1.807) is 31.2 Å². The molecule has 0 saturated carbocycles. The minimum Gasteiger partial charge on any atom is -0.330 e. The quantitative estimate of drug-likeness (QED) is 0.808. The molecule has 17 heavy (non-hydrogen) atoms. The number of ketones is 1. The largest absolute Gasteiger partial charge is 0.330 e. The number of Topliss-reactive ketones (excluding diaryl/α,β-unsaturated/α-hetero) is 1. The fourth-order valence-corrected chi connectivity index (χ4v) is 1.19. The average molecular weight is 257 g/mol. The minimum atomic E-state index is -0.235. The predicted octanol–water partition coefficient (Wildman–Crippen LogP) is 1.84. The maximum absolute atomic E-state index is 11.5. The van der Waals surface area contributed by atoms with E-state index in [4.69, 9.17) is 5.73 Å². The first-order valence-corrected chi connectivity index (χ1v) is 5.16. The molecule has 4 nitrogen and oxygen atoms in total. The molecule has 1 atom stereocenters. The second-order valence-corrected chi connectivity index (χ2v) is 3.76. The highest BCUT2D eigenvalue weighted by molar-refractivity contribution is 5.97. The van der Waals surface area contributed by atoms with Gasteiger partial charge in [0.1, 0.15) is 0 Å². The lowest BCUT2D eigenvalue weighted by molar-refractivity contribution is -0.119. The van der Waals surface area contributed by atoms with Crippen LogP contribution in [0.5, 0.6) is 0 Å². The zero-order valence-corrected chi connectivity index (χ0v) is 10.7. The number of hydrogen-bond donors (Lipinski definition) is 2. The van der Waals surface area contributed by atoms with E-state index in [2.05, 4.69) is 5.32 Å². The van der Waals surface area contributed by atoms with Gasteiger partial charge in [-0.25, -0.2) is 0 Å². The van der Waals surface area contributed by atoms with Crippen LogP contribution in [0.1, 0.15) is 24.2 Å². The van der Waals surface area contributed by atoms with Gasteiger partial charge in [0.15, 0.2) is 5.78 Å². The lowest BCUT2D eigenvalue weighted by atomic mass is 10.1. The fraction of sp³-hybridized carbons (Fsp3) is 0.333. The predicted molar refractivity (Wildman–Crippen MR) is 70.5 cm³/mol. The number of carbonyl (C=O) groups is 2. The molecular weight excluding hydrogens is 240 g/mol. The van der Waals surface area contributed by atoms with Crippen molar-refractivity contribution in [3.8, 4) is 0 Å². The van der Waals surface area contributed by atoms with Gasteiger partial charge in [-0.1, -0.05) is 19.1 Å². The molecule has 0 bridgehead atoms. The van der Waals surface area contributed by atoms with Crippen molar-refractivity contribution in [1.82, 2.24) is 0 Å². The van der Waals surface area contributed by atoms with Gasteiger partial charge in [-0.2, -0.15) is 0 Å². The van der Waals surface area contributed by atoms with Crippen LogP contribution in [0.2, 0.25) is 0 Å². The Morgan fingerprint density at radius 1 is 1.41 bits per heavy atom. The number of nitrogens with one attached hydrogen (secondary N) is 1. The average Bonchev–Trinajstić information content (AvgIpc) is 2.28. The summed E-state index contributed by atoms with van der Waals surface area (Å²) >= 11 is 0. The van der Waals surface area contributed by atoms with Crippen molar-refractivity contribution >= 4 is 29.8 Å². The first-order chi connectivity index (χ1) is 7.54. The Hall–Kier alpha value is -1.39. The van der Waals surface area contributed by atoms with Gasteiger partial charge >= 0.3 is 0 Å². The second kappa shape index (κ2) is 7.04. The van der Waals surface area contributed by atoms with Crippen molar-refractivity contribution in [3.05, 3.63) is 29.8 Å². The molecule has 0 aliphatic carbocycles. The third kappa shape index (κ3) is 4.54. The Labute approximate surface area is 107 Å². The Balaban J connectivity index is 0.00000256. The van der Waals surface area contributed by atoms with E-state index in [0.717, 1.165) is 0 Å². The number of benzene rings is 1. The topological polar surface area (TPSA) is 72.2 Å². The fourth-order valence-electron chi connectivity index (χ4n) is 1.19. The molecule has 5 heteroatoms. The number of anilines is 1. The van der Waals surface area contributed by atoms with Crippen molar-refractivity contribution in [2.45, 2.75) is 13.8 Å². The number of rotatable bonds is 4. The molecule has 0 aliphatic rings. The number of halogens is 1. The SMILES string of the molecule is CC(=O)c1cccc(NC(=O)C(C)CN)c1.Cl. The Morgan fingerprint density at radius 3 is 2.59 bits per heavy atom. The molecule has 0 radical (unpaired) electrons. The highest BCUT2D eigenvalue weighted by Gasteiger charge is 2.11. The molecule has 1 unspecified atom stereocenters. The van der Waals surface area contributed by atoms with Crippen molar-refractivity contribution in [3.63, 3.8) is 0 Å². The van der Waals surface area contributed by atoms with Crippen molar-refractivity contribution in [2.75, 3.05) is 11.9 Å². The molecule has 1 aromatic carbocycles. The van der Waals surface area contributed by atoms with Crippen LogP contribution in [-0.4, -0.2) is 18.2 Å². The third-order valence-electron chi connectivity index (χ3n) is 2.34. The van der Waals surface area contributed by atoms with Gasteiger partial charge in [-0.15, -0.1) is 12.4 Å². The van der Waals surface area contributed by atoms with E-state index in [0.29, 0.717) is 17.8 Å². The molecular formula is C12H17ClN2O2. The summed E-state index contributed by atoms with van der Waals surface area (Å²) in [5, 5.41) is 2.72. The molecule has 1 amide bonds. The summed E-state index contributed by atoms with van der Waals surface area (Å²) in [6, 6.07) is 6.85. The van der Waals surface area contributed by atoms with Crippen LogP contribution in [-0.2, 0) is 4.79 Å². The van der Waals surface area contributed by atoms with Crippen molar-refractivity contribution < 1.29 is 9.59 Å². The summed E-state index contributed by atoms with van der Waals surface area (Å²) < 4.78 is 0. The summed E-state index contributed by atoms with van der Waals surface area (Å²) in [5.41, 5.74) is 6.59. The van der Waals surface area contributed by atoms with Gasteiger partial charge in [0.2, 0.25) is 5.91 Å². The third-order valence-corrected chi connectivity index (χ3v) is 2.34. The molecule has 0 saturated heterocycles. The lowest BCUT2D eigenvalue weighted by Gasteiger charge is -2.10. The Morgan fingerprint density at radius 2 is 2.06 bits per heavy atom. The highest BCUT2D eigenvalue weighted by Crippen LogP contribution is 2.12. The van der Waals surface area contributed by atoms with Gasteiger partial charge in [0.25, 0.3) is 0 Å². The van der Waals surface area contributed by atoms with Gasteiger partial charge in [-0.05, 0) is 19.1 Å². The molecule has 0 aromatic heterocycles. The van der Waals surface area contributed by atoms with E-state index in [1.165, 1.54) is 6.92 Å². The Kier molecular flexibility index (Phi) is 6.46. The number of hydrogen-bond acceptors (Lipinski definition) is 3. The maximum Gasteiger partial charge on any atom is 0.228 e. The molecule has 0 spiro atoms. The summed E-state index contributed by atoms with van der Waals surface area (Å²) in [7, 11) is 0. The summed E-state index contributed by atoms with van der Waals surface area (Å²) in [6.45, 7) is 3.55. The molecule has 94 valence electrons. The first kappa shape index (κ1) is 15.6. The monoisotopic (exact) mass is 256 g/mol. The number of nitrogens with two attached hydrogens (primary N) is 1. The summed E-state index contributed by atoms with van der Waals surface area (Å²) in [5.74, 6) is -0.396. The minimum absolute atomic E-state index is 0. The van der Waals surface area contributed by atoms with E-state index < -0.39 is 0 Å². The molecule has 1 rings (SSSR count). The van der Waals surface area contributed by atoms with Crippen LogP contribution in [0.25, 0.3) is 0 Å². The first-order valence-electron chi connectivity index (χ1n) is 5.16. The van der Waals surface area contributed by atoms with Crippen LogP contribution < -0.4 is 11.1 Å². The molecule has 3 N–H and O–H groups in total. The van der Waals surface area contributed by atoms with E-state index in [-0.39, 0.29) is 30.0 Å². The van der Waals surface area contributed by atoms with Gasteiger partial charge < -0.3 is 11.1 Å². The lowest BCUT2D eigenvalue weighted by Crippen LogP contribution is -2.26. The van der Waals surface area contributed by atoms with Gasteiger partial charge in [0, 0.05) is 23.7 Å². The Bertz CT molecular complexity index is 407. The summed E-state index contributed by atoms with van der Waals surface area (Å²) in [4.78, 5) is 22.7. The van der Waals surface area contributed by atoms with E-state index >= 15 is 0 Å². The van der Waals surface area contributed by atoms with Crippen molar-refractivity contribution in [2.24, 2.45) is 11.7 Å². The van der Waals surface area contributed by atoms with E-state index in [9.17, 15) is 9.59 Å². The van der Waals surface area contributed by atoms with Crippen LogP contribution in [0.15, 0.2) is 24.3 Å². The highest BCUT2D eigenvalue weighted by atomic mass is 35.5. The molecule has 1 aromatic rings.